The number of rotatable bonds is 5. The Labute approximate surface area is 143 Å². The fourth-order valence-corrected chi connectivity index (χ4v) is 3.76. The molecule has 1 atom stereocenters. The number of nitrogens with one attached hydrogen (secondary N) is 1. The Morgan fingerprint density at radius 1 is 1.25 bits per heavy atom. The average Bonchev–Trinajstić information content (AvgIpc) is 3.08. The molecule has 1 unspecified atom stereocenters. The molecule has 2 fully saturated rings. The molecule has 1 aromatic rings. The van der Waals surface area contributed by atoms with E-state index in [2.05, 4.69) is 5.32 Å². The molecule has 0 bridgehead atoms. The van der Waals surface area contributed by atoms with Gasteiger partial charge in [0.2, 0.25) is 5.91 Å². The molecule has 0 radical (unpaired) electrons. The molecule has 1 saturated carbocycles. The van der Waals surface area contributed by atoms with E-state index in [0.29, 0.717) is 23.8 Å². The van der Waals surface area contributed by atoms with E-state index in [1.165, 1.54) is 25.3 Å². The zero-order chi connectivity index (χ0) is 16.9. The van der Waals surface area contributed by atoms with Crippen LogP contribution in [-0.2, 0) is 9.53 Å². The molecule has 0 spiro atoms. The predicted octanol–water partition coefficient (Wildman–Crippen LogP) is 4.10. The normalized spacial score (nSPS) is 21.7. The second-order valence-corrected chi connectivity index (χ2v) is 6.96. The van der Waals surface area contributed by atoms with Gasteiger partial charge in [-0.25, -0.2) is 4.39 Å². The average molecular weight is 334 g/mol. The van der Waals surface area contributed by atoms with E-state index in [4.69, 9.17) is 4.74 Å². The van der Waals surface area contributed by atoms with Crippen molar-refractivity contribution in [2.24, 2.45) is 0 Å². The lowest BCUT2D eigenvalue weighted by molar-refractivity contribution is -0.118. The highest BCUT2D eigenvalue weighted by atomic mass is 19.1. The molecular weight excluding hydrogens is 307 g/mol. The molecule has 0 aromatic heterocycles. The maximum absolute atomic E-state index is 14.5. The summed E-state index contributed by atoms with van der Waals surface area (Å²) in [5, 5.41) is 2.78. The molecule has 132 valence electrons. The third-order valence-corrected chi connectivity index (χ3v) is 5.17. The first kappa shape index (κ1) is 17.2. The standard InChI is InChI=1S/C19H27FN2O2/c1-22(15-6-3-2-4-7-15)18-10-9-14(12-17(18)20)21-19(23)13-16-8-5-11-24-16/h9-10,12,15-16H,2-8,11,13H2,1H3,(H,21,23). The van der Waals surface area contributed by atoms with Gasteiger partial charge < -0.3 is 15.0 Å². The van der Waals surface area contributed by atoms with Crippen LogP contribution in [0.2, 0.25) is 0 Å². The minimum absolute atomic E-state index is 0.00607. The van der Waals surface area contributed by atoms with Gasteiger partial charge in [0.25, 0.3) is 0 Å². The maximum Gasteiger partial charge on any atom is 0.226 e. The van der Waals surface area contributed by atoms with Crippen LogP contribution in [0, 0.1) is 5.82 Å². The Bertz CT molecular complexity index is 566. The second-order valence-electron chi connectivity index (χ2n) is 6.96. The van der Waals surface area contributed by atoms with Crippen molar-refractivity contribution in [3.8, 4) is 0 Å². The Balaban J connectivity index is 1.60. The van der Waals surface area contributed by atoms with Gasteiger partial charge in [0.1, 0.15) is 5.82 Å². The van der Waals surface area contributed by atoms with Crippen molar-refractivity contribution in [1.82, 2.24) is 0 Å². The summed E-state index contributed by atoms with van der Waals surface area (Å²) in [5.41, 5.74) is 1.12. The molecule has 4 nitrogen and oxygen atoms in total. The minimum atomic E-state index is -0.280. The van der Waals surface area contributed by atoms with E-state index in [1.807, 2.05) is 11.9 Å². The molecular formula is C19H27FN2O2. The summed E-state index contributed by atoms with van der Waals surface area (Å²) in [5.74, 6) is -0.396. The molecule has 2 aliphatic rings. The van der Waals surface area contributed by atoms with Crippen molar-refractivity contribution in [1.29, 1.82) is 0 Å². The summed E-state index contributed by atoms with van der Waals surface area (Å²) in [4.78, 5) is 14.1. The van der Waals surface area contributed by atoms with E-state index >= 15 is 0 Å². The summed E-state index contributed by atoms with van der Waals surface area (Å²) in [7, 11) is 1.96. The molecule has 3 rings (SSSR count). The molecule has 1 aliphatic heterocycles. The van der Waals surface area contributed by atoms with Crippen LogP contribution in [0.25, 0.3) is 0 Å². The third-order valence-electron chi connectivity index (χ3n) is 5.17. The zero-order valence-corrected chi connectivity index (χ0v) is 14.4. The first-order chi connectivity index (χ1) is 11.6. The van der Waals surface area contributed by atoms with Gasteiger partial charge in [-0.2, -0.15) is 0 Å². The Morgan fingerprint density at radius 2 is 2.04 bits per heavy atom. The first-order valence-electron chi connectivity index (χ1n) is 9.07. The van der Waals surface area contributed by atoms with Crippen LogP contribution in [0.4, 0.5) is 15.8 Å². The monoisotopic (exact) mass is 334 g/mol. The third kappa shape index (κ3) is 4.26. The lowest BCUT2D eigenvalue weighted by Gasteiger charge is -2.33. The SMILES string of the molecule is CN(c1ccc(NC(=O)CC2CCCO2)cc1F)C1CCCCC1. The lowest BCUT2D eigenvalue weighted by atomic mass is 9.94. The molecule has 1 aromatic carbocycles. The number of carbonyl (C=O) groups excluding carboxylic acids is 1. The number of amides is 1. The molecule has 1 N–H and O–H groups in total. The van der Waals surface area contributed by atoms with Gasteiger partial charge in [0.05, 0.1) is 18.2 Å². The number of carbonyl (C=O) groups is 1. The van der Waals surface area contributed by atoms with Crippen molar-refractivity contribution in [3.63, 3.8) is 0 Å². The van der Waals surface area contributed by atoms with Crippen LogP contribution < -0.4 is 10.2 Å². The fraction of sp³-hybridized carbons (Fsp3) is 0.632. The van der Waals surface area contributed by atoms with Crippen LogP contribution in [0.3, 0.4) is 0 Å². The number of nitrogens with zero attached hydrogens (tertiary/aromatic N) is 1. The van der Waals surface area contributed by atoms with Gasteiger partial charge in [-0.3, -0.25) is 4.79 Å². The van der Waals surface area contributed by atoms with Gasteiger partial charge in [-0.05, 0) is 43.9 Å². The first-order valence-corrected chi connectivity index (χ1v) is 9.07. The summed E-state index contributed by atoms with van der Waals surface area (Å²) >= 11 is 0. The van der Waals surface area contributed by atoms with Crippen LogP contribution in [-0.4, -0.2) is 31.7 Å². The highest BCUT2D eigenvalue weighted by molar-refractivity contribution is 5.91. The molecule has 1 saturated heterocycles. The summed E-state index contributed by atoms with van der Waals surface area (Å²) < 4.78 is 20.0. The predicted molar refractivity (Wildman–Crippen MR) is 93.9 cm³/mol. The van der Waals surface area contributed by atoms with Crippen LogP contribution in [0.5, 0.6) is 0 Å². The quantitative estimate of drug-likeness (QED) is 0.881. The molecule has 5 heteroatoms. The smallest absolute Gasteiger partial charge is 0.226 e. The number of halogens is 1. The van der Waals surface area contributed by atoms with Crippen LogP contribution in [0.1, 0.15) is 51.4 Å². The van der Waals surface area contributed by atoms with Gasteiger partial charge >= 0.3 is 0 Å². The number of hydrogen-bond donors (Lipinski definition) is 1. The van der Waals surface area contributed by atoms with E-state index < -0.39 is 0 Å². The summed E-state index contributed by atoms with van der Waals surface area (Å²) in [6, 6.07) is 5.38. The van der Waals surface area contributed by atoms with Crippen molar-refractivity contribution in [2.45, 2.75) is 63.5 Å². The molecule has 24 heavy (non-hydrogen) atoms. The van der Waals surface area contributed by atoms with Crippen molar-refractivity contribution < 1.29 is 13.9 Å². The highest BCUT2D eigenvalue weighted by Crippen LogP contribution is 2.29. The molecule has 1 aliphatic carbocycles. The molecule has 1 amide bonds. The van der Waals surface area contributed by atoms with E-state index in [0.717, 1.165) is 32.3 Å². The highest BCUT2D eigenvalue weighted by Gasteiger charge is 2.22. The maximum atomic E-state index is 14.5. The topological polar surface area (TPSA) is 41.6 Å². The summed E-state index contributed by atoms with van der Waals surface area (Å²) in [6.45, 7) is 0.731. The Hall–Kier alpha value is -1.62. The van der Waals surface area contributed by atoms with E-state index in [9.17, 15) is 9.18 Å². The number of ether oxygens (including phenoxy) is 1. The fourth-order valence-electron chi connectivity index (χ4n) is 3.76. The van der Waals surface area contributed by atoms with E-state index in [1.54, 1.807) is 12.1 Å². The van der Waals surface area contributed by atoms with Crippen molar-refractivity contribution >= 4 is 17.3 Å². The second kappa shape index (κ2) is 7.97. The van der Waals surface area contributed by atoms with E-state index in [-0.39, 0.29) is 17.8 Å². The van der Waals surface area contributed by atoms with Crippen molar-refractivity contribution in [2.75, 3.05) is 23.9 Å². The summed E-state index contributed by atoms with van der Waals surface area (Å²) in [6.07, 6.45) is 8.23. The number of benzene rings is 1. The van der Waals surface area contributed by atoms with Gasteiger partial charge in [-0.1, -0.05) is 19.3 Å². The van der Waals surface area contributed by atoms with Crippen LogP contribution >= 0.6 is 0 Å². The Kier molecular flexibility index (Phi) is 5.72. The lowest BCUT2D eigenvalue weighted by Crippen LogP contribution is -2.33. The number of anilines is 2. The minimum Gasteiger partial charge on any atom is -0.378 e. The largest absolute Gasteiger partial charge is 0.378 e. The zero-order valence-electron chi connectivity index (χ0n) is 14.4. The van der Waals surface area contributed by atoms with Crippen LogP contribution in [0.15, 0.2) is 18.2 Å². The van der Waals surface area contributed by atoms with Crippen molar-refractivity contribution in [3.05, 3.63) is 24.0 Å². The van der Waals surface area contributed by atoms with Gasteiger partial charge in [0, 0.05) is 25.4 Å². The van der Waals surface area contributed by atoms with Gasteiger partial charge in [-0.15, -0.1) is 0 Å². The van der Waals surface area contributed by atoms with Gasteiger partial charge in [0.15, 0.2) is 0 Å². The Morgan fingerprint density at radius 3 is 2.71 bits per heavy atom. The molecule has 1 heterocycles. The number of hydrogen-bond acceptors (Lipinski definition) is 3.